The van der Waals surface area contributed by atoms with E-state index >= 15 is 0 Å². The lowest BCUT2D eigenvalue weighted by Crippen LogP contribution is -2.11. The number of benzene rings is 4. The van der Waals surface area contributed by atoms with Gasteiger partial charge in [-0.25, -0.2) is 4.79 Å². The van der Waals surface area contributed by atoms with Crippen LogP contribution in [0.3, 0.4) is 0 Å². The zero-order valence-electron chi connectivity index (χ0n) is 27.1. The number of hydrogen-bond donors (Lipinski definition) is 3. The van der Waals surface area contributed by atoms with E-state index in [1.54, 1.807) is 60.7 Å². The number of para-hydroxylation sites is 1. The summed E-state index contributed by atoms with van der Waals surface area (Å²) >= 11 is 12.5. The summed E-state index contributed by atoms with van der Waals surface area (Å²) in [4.78, 5) is 12.2. The Bertz CT molecular complexity index is 1620. The zero-order chi connectivity index (χ0) is 34.5. The quantitative estimate of drug-likeness (QED) is 0.0726. The zero-order valence-corrected chi connectivity index (χ0v) is 28.6. The van der Waals surface area contributed by atoms with E-state index in [0.29, 0.717) is 68.6 Å². The highest BCUT2D eigenvalue weighted by Gasteiger charge is 2.19. The summed E-state index contributed by atoms with van der Waals surface area (Å²) in [5.74, 6) is 1.36. The minimum Gasteiger partial charge on any atom is -0.504 e. The SMILES string of the molecule is CCOCOC(=O)c1ccccc1Nc1c(Cl)ccc(C)c1Cl.COc1ccc(C[C@@H](O)c2cc(OC)c(OC)c(OC)c2)cc1O. The molecule has 4 aromatic carbocycles. The standard InChI is InChI=1S/C18H22O6.C17H17Cl2NO3/c1-21-15-6-5-11(8-14(15)20)7-13(19)12-9-16(22-2)18(24-4)17(10-12)23-3;1-3-22-10-23-17(21)12-6-4-5-7-14(12)20-16-13(18)9-8-11(2)15(16)19/h5-6,8-10,13,19-20H,7H2,1-4H3;4-9,20H,3,10H2,1-2H3/t13-;/m1./s1. The Morgan fingerprint density at radius 2 is 1.53 bits per heavy atom. The molecule has 252 valence electrons. The summed E-state index contributed by atoms with van der Waals surface area (Å²) in [6.07, 6.45) is -0.484. The van der Waals surface area contributed by atoms with Crippen LogP contribution in [0.1, 0.15) is 40.1 Å². The molecule has 4 aromatic rings. The van der Waals surface area contributed by atoms with Gasteiger partial charge in [-0.3, -0.25) is 0 Å². The molecule has 0 saturated heterocycles. The molecule has 10 nitrogen and oxygen atoms in total. The maximum absolute atomic E-state index is 12.2. The highest BCUT2D eigenvalue weighted by Crippen LogP contribution is 2.40. The van der Waals surface area contributed by atoms with Gasteiger partial charge in [-0.1, -0.05) is 47.5 Å². The number of carbonyl (C=O) groups excluding carboxylic acids is 1. The average Bonchev–Trinajstić information content (AvgIpc) is 3.08. The number of aliphatic hydroxyl groups is 1. The van der Waals surface area contributed by atoms with Crippen molar-refractivity contribution in [3.63, 3.8) is 0 Å². The Morgan fingerprint density at radius 3 is 2.13 bits per heavy atom. The summed E-state index contributed by atoms with van der Waals surface area (Å²) in [6, 6.07) is 19.0. The van der Waals surface area contributed by atoms with E-state index in [9.17, 15) is 15.0 Å². The molecule has 4 rings (SSSR count). The fourth-order valence-electron chi connectivity index (χ4n) is 4.43. The van der Waals surface area contributed by atoms with Gasteiger partial charge in [0.15, 0.2) is 29.8 Å². The summed E-state index contributed by atoms with van der Waals surface area (Å²) in [6.45, 7) is 4.09. The van der Waals surface area contributed by atoms with Gasteiger partial charge in [-0.15, -0.1) is 0 Å². The minimum atomic E-state index is -0.800. The molecule has 47 heavy (non-hydrogen) atoms. The van der Waals surface area contributed by atoms with E-state index in [0.717, 1.165) is 11.1 Å². The lowest BCUT2D eigenvalue weighted by atomic mass is 10.00. The Hall–Kier alpha value is -4.35. The molecular formula is C35H39Cl2NO9. The number of phenolic OH excluding ortho intramolecular Hbond substituents is 1. The van der Waals surface area contributed by atoms with Crippen LogP contribution in [-0.4, -0.2) is 58.0 Å². The molecule has 12 heteroatoms. The fraction of sp³-hybridized carbons (Fsp3) is 0.286. The number of esters is 1. The molecule has 0 spiro atoms. The predicted molar refractivity (Wildman–Crippen MR) is 182 cm³/mol. The number of phenols is 1. The van der Waals surface area contributed by atoms with Crippen molar-refractivity contribution in [2.75, 3.05) is 47.2 Å². The predicted octanol–water partition coefficient (Wildman–Crippen LogP) is 7.90. The van der Waals surface area contributed by atoms with E-state index in [2.05, 4.69) is 5.32 Å². The van der Waals surface area contributed by atoms with Gasteiger partial charge in [0, 0.05) is 13.0 Å². The third kappa shape index (κ3) is 9.82. The molecule has 0 heterocycles. The number of ether oxygens (including phenoxy) is 6. The van der Waals surface area contributed by atoms with Crippen molar-refractivity contribution in [3.8, 4) is 28.7 Å². The lowest BCUT2D eigenvalue weighted by molar-refractivity contribution is -0.0273. The number of nitrogens with one attached hydrogen (secondary N) is 1. The van der Waals surface area contributed by atoms with Crippen molar-refractivity contribution in [1.29, 1.82) is 0 Å². The number of carbonyl (C=O) groups is 1. The van der Waals surface area contributed by atoms with Crippen molar-refractivity contribution < 1.29 is 43.4 Å². The van der Waals surface area contributed by atoms with Gasteiger partial charge < -0.3 is 44.0 Å². The topological polar surface area (TPSA) is 125 Å². The van der Waals surface area contributed by atoms with Gasteiger partial charge in [0.05, 0.1) is 61.5 Å². The van der Waals surface area contributed by atoms with Gasteiger partial charge in [0.25, 0.3) is 0 Å². The first-order chi connectivity index (χ1) is 22.6. The first-order valence-corrected chi connectivity index (χ1v) is 15.2. The minimum absolute atomic E-state index is 0.0343. The Balaban J connectivity index is 0.000000256. The fourth-order valence-corrected chi connectivity index (χ4v) is 4.89. The van der Waals surface area contributed by atoms with E-state index in [-0.39, 0.29) is 12.5 Å². The molecule has 1 atom stereocenters. The maximum atomic E-state index is 12.2. The lowest BCUT2D eigenvalue weighted by Gasteiger charge is -2.17. The Labute approximate surface area is 284 Å². The van der Waals surface area contributed by atoms with Crippen LogP contribution in [0.25, 0.3) is 0 Å². The molecule has 0 radical (unpaired) electrons. The third-order valence-electron chi connectivity index (χ3n) is 6.91. The summed E-state index contributed by atoms with van der Waals surface area (Å²) in [5.41, 5.74) is 3.77. The van der Waals surface area contributed by atoms with E-state index in [1.807, 2.05) is 19.9 Å². The van der Waals surface area contributed by atoms with Crippen molar-refractivity contribution in [1.82, 2.24) is 0 Å². The number of hydrogen-bond acceptors (Lipinski definition) is 10. The van der Waals surface area contributed by atoms with E-state index in [1.165, 1.54) is 28.4 Å². The third-order valence-corrected chi connectivity index (χ3v) is 7.71. The average molecular weight is 689 g/mol. The van der Waals surface area contributed by atoms with Gasteiger partial charge in [0.2, 0.25) is 5.75 Å². The Kier molecular flexibility index (Phi) is 14.3. The summed E-state index contributed by atoms with van der Waals surface area (Å²) in [5, 5.41) is 24.5. The van der Waals surface area contributed by atoms with Crippen LogP contribution in [-0.2, 0) is 15.9 Å². The van der Waals surface area contributed by atoms with Crippen molar-refractivity contribution in [2.24, 2.45) is 0 Å². The van der Waals surface area contributed by atoms with Crippen LogP contribution in [0.4, 0.5) is 11.4 Å². The number of rotatable bonds is 13. The van der Waals surface area contributed by atoms with Crippen molar-refractivity contribution >= 4 is 40.5 Å². The van der Waals surface area contributed by atoms with Gasteiger partial charge in [-0.05, 0) is 73.0 Å². The Morgan fingerprint density at radius 1 is 0.872 bits per heavy atom. The van der Waals surface area contributed by atoms with Crippen LogP contribution in [0.15, 0.2) is 66.7 Å². The molecule has 0 amide bonds. The molecule has 0 aliphatic rings. The maximum Gasteiger partial charge on any atom is 0.342 e. The molecule has 0 saturated carbocycles. The summed E-state index contributed by atoms with van der Waals surface area (Å²) in [7, 11) is 6.06. The molecule has 3 N–H and O–H groups in total. The highest BCUT2D eigenvalue weighted by atomic mass is 35.5. The first-order valence-electron chi connectivity index (χ1n) is 14.5. The normalized spacial score (nSPS) is 11.1. The highest BCUT2D eigenvalue weighted by molar-refractivity contribution is 6.39. The van der Waals surface area contributed by atoms with Gasteiger partial charge in [-0.2, -0.15) is 0 Å². The van der Waals surface area contributed by atoms with Crippen LogP contribution < -0.4 is 24.3 Å². The van der Waals surface area contributed by atoms with Crippen LogP contribution in [0.5, 0.6) is 28.7 Å². The van der Waals surface area contributed by atoms with Crippen LogP contribution in [0.2, 0.25) is 10.0 Å². The number of anilines is 2. The molecule has 0 bridgehead atoms. The van der Waals surface area contributed by atoms with Crippen molar-refractivity contribution in [2.45, 2.75) is 26.4 Å². The number of aromatic hydroxyl groups is 1. The second kappa shape index (κ2) is 18.1. The molecule has 0 aliphatic carbocycles. The largest absolute Gasteiger partial charge is 0.504 e. The van der Waals surface area contributed by atoms with Gasteiger partial charge in [0.1, 0.15) is 0 Å². The number of halogens is 2. The monoisotopic (exact) mass is 687 g/mol. The molecule has 0 aliphatic heterocycles. The molecular weight excluding hydrogens is 649 g/mol. The van der Waals surface area contributed by atoms with Crippen LogP contribution in [0, 0.1) is 6.92 Å². The molecule has 0 aromatic heterocycles. The smallest absolute Gasteiger partial charge is 0.342 e. The first kappa shape index (κ1) is 37.1. The van der Waals surface area contributed by atoms with Gasteiger partial charge >= 0.3 is 5.97 Å². The second-order valence-electron chi connectivity index (χ2n) is 9.95. The van der Waals surface area contributed by atoms with Crippen LogP contribution >= 0.6 is 23.2 Å². The second-order valence-corrected chi connectivity index (χ2v) is 10.7. The molecule has 0 fully saturated rings. The van der Waals surface area contributed by atoms with E-state index < -0.39 is 12.1 Å². The number of aryl methyl sites for hydroxylation is 1. The number of aliphatic hydroxyl groups excluding tert-OH is 1. The van der Waals surface area contributed by atoms with E-state index in [4.69, 9.17) is 51.6 Å². The number of methoxy groups -OCH3 is 4. The molecule has 0 unspecified atom stereocenters. The summed E-state index contributed by atoms with van der Waals surface area (Å²) < 4.78 is 31.0. The van der Waals surface area contributed by atoms with Crippen molar-refractivity contribution in [3.05, 3.63) is 99.0 Å².